The van der Waals surface area contributed by atoms with Crippen LogP contribution in [0, 0.1) is 0 Å². The minimum atomic E-state index is -1.62. The molecule has 0 radical (unpaired) electrons. The van der Waals surface area contributed by atoms with Crippen LogP contribution in [0.25, 0.3) is 21.6 Å². The largest absolute Gasteiger partial charge is 0.456 e. The predicted molar refractivity (Wildman–Crippen MR) is 205 cm³/mol. The molecule has 0 saturated carbocycles. The number of azide groups is 1. The van der Waals surface area contributed by atoms with Crippen LogP contribution in [0.1, 0.15) is 35.6 Å². The highest BCUT2D eigenvalue weighted by Gasteiger charge is 2.48. The number of aromatic nitrogens is 2. The summed E-state index contributed by atoms with van der Waals surface area (Å²) in [7, 11) is 0. The lowest BCUT2D eigenvalue weighted by Gasteiger charge is -2.43. The number of amides is 4. The van der Waals surface area contributed by atoms with Gasteiger partial charge in [-0.1, -0.05) is 66.3 Å². The Bertz CT molecular complexity index is 1900. The summed E-state index contributed by atoms with van der Waals surface area (Å²) >= 11 is 1.13. The molecule has 3 aromatic rings. The second-order valence-corrected chi connectivity index (χ2v) is 14.1. The van der Waals surface area contributed by atoms with Crippen LogP contribution in [0.4, 0.5) is 9.59 Å². The Kier molecular flexibility index (Phi) is 15.3. The highest BCUT2D eigenvalue weighted by atomic mass is 32.2. The summed E-state index contributed by atoms with van der Waals surface area (Å²) in [6.45, 7) is 2.26. The number of nitrogens with one attached hydrogen (secondary N) is 4. The molecule has 0 spiro atoms. The summed E-state index contributed by atoms with van der Waals surface area (Å²) in [5.41, 5.74) is 17.8. The number of H-pyrrole nitrogens is 1. The number of thioether (sulfide) groups is 1. The van der Waals surface area contributed by atoms with Crippen LogP contribution >= 0.6 is 11.8 Å². The van der Waals surface area contributed by atoms with Gasteiger partial charge in [-0.3, -0.25) is 14.4 Å². The number of nitrogens with zero attached hydrogens (tertiary/aromatic N) is 4. The number of esters is 1. The maximum Gasteiger partial charge on any atom is 0.407 e. The zero-order valence-electron chi connectivity index (χ0n) is 30.7. The number of carbonyl (C=O) groups excluding carboxylic acids is 5. The number of ether oxygens (including phenoxy) is 4. The van der Waals surface area contributed by atoms with E-state index in [2.05, 4.69) is 42.5 Å². The molecule has 302 valence electrons. The lowest BCUT2D eigenvalue weighted by Crippen LogP contribution is -2.64. The van der Waals surface area contributed by atoms with E-state index in [1.54, 1.807) is 0 Å². The Hall–Kier alpha value is -6.08. The zero-order valence-corrected chi connectivity index (χ0v) is 31.5. The smallest absolute Gasteiger partial charge is 0.407 e. The topological polar surface area (TPSA) is 282 Å². The van der Waals surface area contributed by atoms with E-state index in [0.29, 0.717) is 17.9 Å². The molecule has 19 nitrogen and oxygen atoms in total. The van der Waals surface area contributed by atoms with E-state index in [1.807, 2.05) is 48.5 Å². The fraction of sp³-hybridized carbons (Fsp3) is 0.405. The molecule has 2 aliphatic rings. The summed E-state index contributed by atoms with van der Waals surface area (Å²) in [6, 6.07) is 13.2. The molecule has 2 aromatic carbocycles. The van der Waals surface area contributed by atoms with E-state index < -0.39 is 72.3 Å². The van der Waals surface area contributed by atoms with E-state index in [4.69, 9.17) is 30.2 Å². The van der Waals surface area contributed by atoms with Crippen molar-refractivity contribution in [3.8, 4) is 11.1 Å². The van der Waals surface area contributed by atoms with Crippen molar-refractivity contribution in [2.45, 2.75) is 61.0 Å². The first-order chi connectivity index (χ1) is 27.6. The molecular weight excluding hydrogens is 763 g/mol. The van der Waals surface area contributed by atoms with Crippen molar-refractivity contribution in [1.29, 1.82) is 0 Å². The number of hydrogen-bond acceptors (Lipinski definition) is 13. The molecule has 0 unspecified atom stereocenters. The summed E-state index contributed by atoms with van der Waals surface area (Å²) in [5, 5.41) is 22.3. The summed E-state index contributed by atoms with van der Waals surface area (Å²) < 4.78 is 22.3. The Morgan fingerprint density at radius 2 is 1.82 bits per heavy atom. The number of imidazole rings is 1. The Morgan fingerprint density at radius 3 is 2.47 bits per heavy atom. The van der Waals surface area contributed by atoms with E-state index in [0.717, 1.165) is 34.0 Å². The van der Waals surface area contributed by atoms with Crippen LogP contribution < -0.4 is 21.7 Å². The van der Waals surface area contributed by atoms with E-state index in [9.17, 15) is 29.1 Å². The van der Waals surface area contributed by atoms with Gasteiger partial charge >= 0.3 is 18.2 Å². The molecule has 0 bridgehead atoms. The molecule has 4 amide bonds. The first-order valence-corrected chi connectivity index (χ1v) is 19.0. The molecule has 5 rings (SSSR count). The van der Waals surface area contributed by atoms with Crippen LogP contribution in [-0.2, 0) is 39.8 Å². The van der Waals surface area contributed by atoms with Crippen LogP contribution in [0.5, 0.6) is 0 Å². The number of primary amides is 1. The second-order valence-electron chi connectivity index (χ2n) is 12.9. The molecule has 2 heterocycles. The normalized spacial score (nSPS) is 20.1. The third-order valence-electron chi connectivity index (χ3n) is 9.07. The van der Waals surface area contributed by atoms with Crippen molar-refractivity contribution < 1.29 is 48.0 Å². The molecule has 1 aliphatic heterocycles. The number of aliphatic hydroxyl groups excluding tert-OH is 1. The maximum atomic E-state index is 13.5. The molecule has 1 saturated heterocycles. The third-order valence-corrected chi connectivity index (χ3v) is 10.3. The van der Waals surface area contributed by atoms with Gasteiger partial charge < -0.3 is 50.7 Å². The summed E-state index contributed by atoms with van der Waals surface area (Å²) in [6.07, 6.45) is -1.52. The van der Waals surface area contributed by atoms with Gasteiger partial charge in [0.25, 0.3) is 0 Å². The average molecular weight is 806 g/mol. The van der Waals surface area contributed by atoms with E-state index in [1.165, 1.54) is 18.6 Å². The van der Waals surface area contributed by atoms with Crippen molar-refractivity contribution in [2.24, 2.45) is 10.8 Å². The Labute approximate surface area is 331 Å². The van der Waals surface area contributed by atoms with Crippen LogP contribution in [0.3, 0.4) is 0 Å². The monoisotopic (exact) mass is 805 g/mol. The maximum absolute atomic E-state index is 13.5. The number of aliphatic hydroxyl groups is 1. The Morgan fingerprint density at radius 1 is 1.11 bits per heavy atom. The first kappa shape index (κ1) is 42.1. The number of aromatic amines is 1. The van der Waals surface area contributed by atoms with Gasteiger partial charge in [0.2, 0.25) is 11.8 Å². The van der Waals surface area contributed by atoms with E-state index >= 15 is 0 Å². The van der Waals surface area contributed by atoms with Gasteiger partial charge in [0.05, 0.1) is 19.0 Å². The minimum Gasteiger partial charge on any atom is -0.456 e. The first-order valence-electron chi connectivity index (χ1n) is 17.9. The van der Waals surface area contributed by atoms with Crippen molar-refractivity contribution in [1.82, 2.24) is 25.9 Å². The van der Waals surface area contributed by atoms with Crippen LogP contribution in [0.15, 0.2) is 78.8 Å². The number of carbonyl (C=O) groups is 5. The van der Waals surface area contributed by atoms with Crippen LogP contribution in [-0.4, -0.2) is 113 Å². The molecule has 1 aliphatic carbocycles. The lowest BCUT2D eigenvalue weighted by molar-refractivity contribution is -0.187. The van der Waals surface area contributed by atoms with Gasteiger partial charge in [-0.2, -0.15) is 0 Å². The van der Waals surface area contributed by atoms with Gasteiger partial charge in [0, 0.05) is 35.6 Å². The fourth-order valence-corrected chi connectivity index (χ4v) is 7.66. The minimum absolute atomic E-state index is 0.000554. The fourth-order valence-electron chi connectivity index (χ4n) is 6.46. The number of alkyl carbamates (subject to hydrolysis) is 2. The lowest BCUT2D eigenvalue weighted by atomic mass is 9.97. The highest BCUT2D eigenvalue weighted by molar-refractivity contribution is 7.99. The number of fused-ring (bicyclic) bond motifs is 3. The molecule has 57 heavy (non-hydrogen) atoms. The molecule has 1 aromatic heterocycles. The van der Waals surface area contributed by atoms with Gasteiger partial charge in [-0.25, -0.2) is 14.6 Å². The highest BCUT2D eigenvalue weighted by Crippen LogP contribution is 2.44. The number of benzene rings is 2. The van der Waals surface area contributed by atoms with Gasteiger partial charge in [-0.05, 0) is 40.0 Å². The Balaban J connectivity index is 1.25. The molecular formula is C37H43N9O10S. The standard InChI is InChI=1S/C37H43N9O10S/c1-2-13-53-37(52)45-31-33(32(49)28(17-43-46-39)55-35(31)57-14-7-12-29(38)47)56-30(48)18-41-34(50)27(15-21-16-40-20-42-21)44-36(51)54-19-26-24-10-5-3-8-22(24)23-9-4-6-11-25(23)26/h2-6,8-11,16,20,26-28,31-33,35,49H,1,7,12-15,17-19H2,(H2,38,47)(H,40,42)(H,41,50)(H,44,51)(H,45,52)/t27-,28+,31+,32-,33+,35+/m0/s1. The quantitative estimate of drug-likeness (QED) is 0.0194. The number of nitrogens with two attached hydrogens (primary N) is 1. The van der Waals surface area contributed by atoms with Crippen molar-refractivity contribution in [3.63, 3.8) is 0 Å². The molecule has 20 heteroatoms. The van der Waals surface area contributed by atoms with Gasteiger partial charge in [0.15, 0.2) is 6.10 Å². The van der Waals surface area contributed by atoms with Gasteiger partial charge in [-0.15, -0.1) is 11.8 Å². The number of hydrogen-bond donors (Lipinski definition) is 6. The van der Waals surface area contributed by atoms with Crippen molar-refractivity contribution in [2.75, 3.05) is 32.1 Å². The number of rotatable bonds is 19. The zero-order chi connectivity index (χ0) is 40.7. The summed E-state index contributed by atoms with van der Waals surface area (Å²) in [4.78, 5) is 73.5. The molecule has 6 atom stereocenters. The SMILES string of the molecule is C=CCOC(=O)N[C@@H]1[C@@H](OC(=O)CNC(=O)[C@H](Cc2cnc[nH]2)NC(=O)OCC2c3ccccc3-c3ccccc32)[C@@H](O)[C@@H](CN=[N+]=[N-])O[C@@H]1SCCCC(N)=O. The second kappa shape index (κ2) is 20.7. The average Bonchev–Trinajstić information content (AvgIpc) is 3.84. The molecule has 7 N–H and O–H groups in total. The van der Waals surface area contributed by atoms with Crippen molar-refractivity contribution >= 4 is 41.7 Å². The van der Waals surface area contributed by atoms with Crippen molar-refractivity contribution in [3.05, 3.63) is 101 Å². The van der Waals surface area contributed by atoms with E-state index in [-0.39, 0.29) is 38.5 Å². The van der Waals surface area contributed by atoms with Crippen LogP contribution in [0.2, 0.25) is 0 Å². The predicted octanol–water partition coefficient (Wildman–Crippen LogP) is 2.56. The van der Waals surface area contributed by atoms with Gasteiger partial charge in [0.1, 0.15) is 43.4 Å². The molecule has 1 fully saturated rings. The summed E-state index contributed by atoms with van der Waals surface area (Å²) in [5.74, 6) is -2.23. The third kappa shape index (κ3) is 11.5.